The van der Waals surface area contributed by atoms with E-state index in [1.807, 2.05) is 32.0 Å². The summed E-state index contributed by atoms with van der Waals surface area (Å²) in [5.74, 6) is 0.142. The van der Waals surface area contributed by atoms with E-state index in [1.165, 1.54) is 25.9 Å². The van der Waals surface area contributed by atoms with Gasteiger partial charge in [0.15, 0.2) is 0 Å². The smallest absolute Gasteiger partial charge is 0.254 e. The number of nitrogens with zero attached hydrogens (tertiary/aromatic N) is 4. The highest BCUT2D eigenvalue weighted by Gasteiger charge is 2.31. The number of hydrogen-bond acceptors (Lipinski definition) is 4. The first-order valence-electron chi connectivity index (χ1n) is 9.40. The lowest BCUT2D eigenvalue weighted by molar-refractivity contribution is 0.0709. The summed E-state index contributed by atoms with van der Waals surface area (Å²) in [6.45, 7) is 8.19. The maximum Gasteiger partial charge on any atom is 0.254 e. The Kier molecular flexibility index (Phi) is 4.42. The molecule has 5 heteroatoms. The van der Waals surface area contributed by atoms with E-state index in [1.54, 1.807) is 0 Å². The molecule has 0 radical (unpaired) electrons. The van der Waals surface area contributed by atoms with E-state index in [0.29, 0.717) is 6.04 Å². The van der Waals surface area contributed by atoms with Crippen molar-refractivity contribution in [1.29, 1.82) is 0 Å². The first kappa shape index (κ1) is 16.5. The van der Waals surface area contributed by atoms with Crippen LogP contribution in [0.4, 0.5) is 0 Å². The van der Waals surface area contributed by atoms with Crippen LogP contribution >= 0.6 is 0 Å². The molecule has 5 nitrogen and oxygen atoms in total. The van der Waals surface area contributed by atoms with Crippen molar-refractivity contribution >= 4 is 16.9 Å². The fraction of sp³-hybridized carbons (Fsp3) is 0.550. The van der Waals surface area contributed by atoms with Gasteiger partial charge >= 0.3 is 0 Å². The lowest BCUT2D eigenvalue weighted by Gasteiger charge is -2.28. The maximum atomic E-state index is 13.1. The van der Waals surface area contributed by atoms with E-state index in [9.17, 15) is 4.79 Å². The fourth-order valence-electron chi connectivity index (χ4n) is 4.09. The molecule has 0 bridgehead atoms. The summed E-state index contributed by atoms with van der Waals surface area (Å²) in [7, 11) is 0. The van der Waals surface area contributed by atoms with Gasteiger partial charge in [-0.15, -0.1) is 0 Å². The average molecular weight is 338 g/mol. The summed E-state index contributed by atoms with van der Waals surface area (Å²) < 4.78 is 0. The van der Waals surface area contributed by atoms with E-state index in [4.69, 9.17) is 0 Å². The number of carbonyl (C=O) groups excluding carboxylic acids is 1. The summed E-state index contributed by atoms with van der Waals surface area (Å²) in [5.41, 5.74) is 4.26. The van der Waals surface area contributed by atoms with Crippen molar-refractivity contribution in [3.63, 3.8) is 0 Å². The number of aryl methyl sites for hydroxylation is 2. The van der Waals surface area contributed by atoms with Crippen molar-refractivity contribution in [3.8, 4) is 0 Å². The van der Waals surface area contributed by atoms with E-state index >= 15 is 0 Å². The lowest BCUT2D eigenvalue weighted by atomic mass is 10.1. The SMILES string of the molecule is Cc1nc2ccc(C(=O)N3CCC[C@H]3CN3CCCC3)cc2nc1C. The molecular weight excluding hydrogens is 312 g/mol. The van der Waals surface area contributed by atoms with Crippen LogP contribution < -0.4 is 0 Å². The predicted molar refractivity (Wildman–Crippen MR) is 98.7 cm³/mol. The monoisotopic (exact) mass is 338 g/mol. The third-order valence-corrected chi connectivity index (χ3v) is 5.63. The van der Waals surface area contributed by atoms with Crippen LogP contribution in [0.25, 0.3) is 11.0 Å². The first-order chi connectivity index (χ1) is 12.1. The van der Waals surface area contributed by atoms with Crippen LogP contribution in [0.15, 0.2) is 18.2 Å². The molecule has 132 valence electrons. The van der Waals surface area contributed by atoms with Crippen LogP contribution in [-0.2, 0) is 0 Å². The summed E-state index contributed by atoms with van der Waals surface area (Å²) in [6.07, 6.45) is 4.81. The van der Waals surface area contributed by atoms with Gasteiger partial charge in [0, 0.05) is 24.7 Å². The summed E-state index contributed by atoms with van der Waals surface area (Å²) in [6, 6.07) is 6.09. The molecule has 25 heavy (non-hydrogen) atoms. The van der Waals surface area contributed by atoms with E-state index < -0.39 is 0 Å². The molecule has 2 aliphatic rings. The Balaban J connectivity index is 1.56. The largest absolute Gasteiger partial charge is 0.334 e. The van der Waals surface area contributed by atoms with Crippen molar-refractivity contribution in [2.24, 2.45) is 0 Å². The molecule has 1 amide bonds. The second-order valence-electron chi connectivity index (χ2n) is 7.40. The van der Waals surface area contributed by atoms with Crippen LogP contribution in [0.1, 0.15) is 47.4 Å². The predicted octanol–water partition coefficient (Wildman–Crippen LogP) is 2.95. The van der Waals surface area contributed by atoms with Crippen LogP contribution in [-0.4, -0.2) is 57.9 Å². The number of benzene rings is 1. The fourth-order valence-corrected chi connectivity index (χ4v) is 4.09. The number of fused-ring (bicyclic) bond motifs is 1. The molecule has 2 saturated heterocycles. The number of hydrogen-bond donors (Lipinski definition) is 0. The van der Waals surface area contributed by atoms with Crippen LogP contribution in [0.3, 0.4) is 0 Å². The summed E-state index contributed by atoms with van der Waals surface area (Å²) >= 11 is 0. The minimum atomic E-state index is 0.142. The zero-order chi connectivity index (χ0) is 17.4. The highest BCUT2D eigenvalue weighted by molar-refractivity contribution is 5.97. The second kappa shape index (κ2) is 6.71. The van der Waals surface area contributed by atoms with Gasteiger partial charge in [0.1, 0.15) is 0 Å². The maximum absolute atomic E-state index is 13.1. The van der Waals surface area contributed by atoms with Gasteiger partial charge in [-0.05, 0) is 70.8 Å². The molecule has 1 atom stereocenters. The minimum Gasteiger partial charge on any atom is -0.334 e. The van der Waals surface area contributed by atoms with Gasteiger partial charge in [-0.25, -0.2) is 9.97 Å². The van der Waals surface area contributed by atoms with Crippen LogP contribution in [0, 0.1) is 13.8 Å². The molecule has 0 aliphatic carbocycles. The van der Waals surface area contributed by atoms with Gasteiger partial charge in [-0.2, -0.15) is 0 Å². The first-order valence-corrected chi connectivity index (χ1v) is 9.40. The normalized spacial score (nSPS) is 21.4. The third-order valence-electron chi connectivity index (χ3n) is 5.63. The molecule has 0 N–H and O–H groups in total. The Morgan fingerprint density at radius 2 is 1.76 bits per heavy atom. The molecular formula is C20H26N4O. The lowest BCUT2D eigenvalue weighted by Crippen LogP contribution is -2.42. The zero-order valence-corrected chi connectivity index (χ0v) is 15.2. The topological polar surface area (TPSA) is 49.3 Å². The van der Waals surface area contributed by atoms with Gasteiger partial charge in [0.05, 0.1) is 22.4 Å². The second-order valence-corrected chi connectivity index (χ2v) is 7.40. The van der Waals surface area contributed by atoms with Crippen molar-refractivity contribution < 1.29 is 4.79 Å². The number of carbonyl (C=O) groups is 1. The molecule has 1 aromatic heterocycles. The molecule has 2 aliphatic heterocycles. The van der Waals surface area contributed by atoms with Gasteiger partial charge in [-0.1, -0.05) is 0 Å². The average Bonchev–Trinajstić information content (AvgIpc) is 3.27. The summed E-state index contributed by atoms with van der Waals surface area (Å²) in [5, 5.41) is 0. The Bertz CT molecular complexity index is 798. The Morgan fingerprint density at radius 1 is 1.04 bits per heavy atom. The molecule has 0 spiro atoms. The third kappa shape index (κ3) is 3.25. The molecule has 1 aromatic carbocycles. The number of amides is 1. The molecule has 3 heterocycles. The molecule has 0 unspecified atom stereocenters. The highest BCUT2D eigenvalue weighted by Crippen LogP contribution is 2.24. The summed E-state index contributed by atoms with van der Waals surface area (Å²) in [4.78, 5) is 26.8. The zero-order valence-electron chi connectivity index (χ0n) is 15.2. The van der Waals surface area contributed by atoms with Crippen molar-refractivity contribution in [2.45, 2.75) is 45.6 Å². The van der Waals surface area contributed by atoms with Crippen LogP contribution in [0.5, 0.6) is 0 Å². The quantitative estimate of drug-likeness (QED) is 0.863. The standard InChI is InChI=1S/C20H26N4O/c1-14-15(2)22-19-12-16(7-8-18(19)21-14)20(25)24-11-5-6-17(24)13-23-9-3-4-10-23/h7-8,12,17H,3-6,9-11,13H2,1-2H3/t17-/m0/s1. The molecule has 0 saturated carbocycles. The molecule has 2 aromatic rings. The Labute approximate surface area is 149 Å². The number of rotatable bonds is 3. The van der Waals surface area contributed by atoms with Gasteiger partial charge in [-0.3, -0.25) is 4.79 Å². The van der Waals surface area contributed by atoms with Crippen molar-refractivity contribution in [2.75, 3.05) is 26.2 Å². The van der Waals surface area contributed by atoms with Gasteiger partial charge < -0.3 is 9.80 Å². The Hall–Kier alpha value is -2.01. The van der Waals surface area contributed by atoms with E-state index in [2.05, 4.69) is 19.8 Å². The van der Waals surface area contributed by atoms with Crippen molar-refractivity contribution in [1.82, 2.24) is 19.8 Å². The van der Waals surface area contributed by atoms with Crippen molar-refractivity contribution in [3.05, 3.63) is 35.2 Å². The van der Waals surface area contributed by atoms with E-state index in [0.717, 1.165) is 53.9 Å². The highest BCUT2D eigenvalue weighted by atomic mass is 16.2. The number of likely N-dealkylation sites (tertiary alicyclic amines) is 2. The van der Waals surface area contributed by atoms with Crippen LogP contribution in [0.2, 0.25) is 0 Å². The molecule has 4 rings (SSSR count). The molecule has 2 fully saturated rings. The van der Waals surface area contributed by atoms with Gasteiger partial charge in [0.25, 0.3) is 5.91 Å². The minimum absolute atomic E-state index is 0.142. The number of aromatic nitrogens is 2. The van der Waals surface area contributed by atoms with Gasteiger partial charge in [0.2, 0.25) is 0 Å². The van der Waals surface area contributed by atoms with E-state index in [-0.39, 0.29) is 5.91 Å². The Morgan fingerprint density at radius 3 is 2.52 bits per heavy atom.